The van der Waals surface area contributed by atoms with Gasteiger partial charge in [0.2, 0.25) is 10.0 Å². The van der Waals surface area contributed by atoms with Crippen LogP contribution in [0.15, 0.2) is 27.6 Å². The van der Waals surface area contributed by atoms with Crippen molar-refractivity contribution < 1.29 is 17.0 Å². The van der Waals surface area contributed by atoms with E-state index in [4.69, 9.17) is 0 Å². The summed E-state index contributed by atoms with van der Waals surface area (Å²) < 4.78 is 50.4. The Hall–Kier alpha value is -0.310. The van der Waals surface area contributed by atoms with Crippen LogP contribution >= 0.6 is 15.9 Å². The summed E-state index contributed by atoms with van der Waals surface area (Å²) in [5.74, 6) is 0.0821. The van der Waals surface area contributed by atoms with Crippen LogP contribution in [0.3, 0.4) is 0 Å². The Morgan fingerprint density at radius 3 is 2.67 bits per heavy atom. The third kappa shape index (κ3) is 4.42. The van der Waals surface area contributed by atoms with Gasteiger partial charge >= 0.3 is 0 Å². The molecule has 1 aromatic carbocycles. The average Bonchev–Trinajstić information content (AvgIpc) is 2.32. The van der Waals surface area contributed by atoms with E-state index >= 15 is 0 Å². The minimum atomic E-state index is -3.75. The lowest BCUT2D eigenvalue weighted by Gasteiger charge is -2.06. The highest BCUT2D eigenvalue weighted by molar-refractivity contribution is 9.10. The Kier molecular flexibility index (Phi) is 5.90. The molecular formula is C10H13BrFNO3S2. The maximum Gasteiger partial charge on any atom is 0.240 e. The van der Waals surface area contributed by atoms with Crippen molar-refractivity contribution in [2.45, 2.75) is 11.8 Å². The zero-order valence-electron chi connectivity index (χ0n) is 9.65. The Labute approximate surface area is 117 Å². The fraction of sp³-hybridized carbons (Fsp3) is 0.400. The Morgan fingerprint density at radius 2 is 2.11 bits per heavy atom. The standard InChI is InChI=1S/C10H13BrFNO3S2/c1-2-17(14)6-5-13-18(15,16)8-3-4-9(11)10(12)7-8/h3-4,7,13H,2,5-6H2,1H3. The first kappa shape index (κ1) is 15.7. The van der Waals surface area contributed by atoms with Crippen LogP contribution in [-0.2, 0) is 20.8 Å². The smallest absolute Gasteiger partial charge is 0.240 e. The van der Waals surface area contributed by atoms with Crippen LogP contribution in [0.5, 0.6) is 0 Å². The zero-order chi connectivity index (χ0) is 13.8. The van der Waals surface area contributed by atoms with Crippen molar-refractivity contribution in [3.8, 4) is 0 Å². The van der Waals surface area contributed by atoms with Gasteiger partial charge in [-0.1, -0.05) is 6.92 Å². The van der Waals surface area contributed by atoms with Crippen molar-refractivity contribution in [2.75, 3.05) is 18.1 Å². The third-order valence-corrected chi connectivity index (χ3v) is 5.55. The first-order valence-corrected chi connectivity index (χ1v) is 8.93. The normalized spacial score (nSPS) is 13.5. The molecule has 0 aliphatic carbocycles. The van der Waals surface area contributed by atoms with Crippen molar-refractivity contribution >= 4 is 36.8 Å². The predicted octanol–water partition coefficient (Wildman–Crippen LogP) is 1.64. The summed E-state index contributed by atoms with van der Waals surface area (Å²) in [5.41, 5.74) is 0. The molecule has 0 fully saturated rings. The number of halogens is 2. The fourth-order valence-corrected chi connectivity index (χ4v) is 3.20. The summed E-state index contributed by atoms with van der Waals surface area (Å²) in [5, 5.41) is 0. The highest BCUT2D eigenvalue weighted by Crippen LogP contribution is 2.19. The molecule has 1 aromatic rings. The molecule has 8 heteroatoms. The highest BCUT2D eigenvalue weighted by atomic mass is 79.9. The van der Waals surface area contributed by atoms with E-state index in [1.165, 1.54) is 12.1 Å². The minimum absolute atomic E-state index is 0.0699. The van der Waals surface area contributed by atoms with Crippen LogP contribution in [0, 0.1) is 5.82 Å². The molecule has 1 N–H and O–H groups in total. The monoisotopic (exact) mass is 357 g/mol. The van der Waals surface area contributed by atoms with Crippen molar-refractivity contribution in [3.63, 3.8) is 0 Å². The number of benzene rings is 1. The quantitative estimate of drug-likeness (QED) is 0.841. The molecule has 18 heavy (non-hydrogen) atoms. The summed E-state index contributed by atoms with van der Waals surface area (Å²) in [4.78, 5) is -0.148. The van der Waals surface area contributed by atoms with Gasteiger partial charge in [-0.3, -0.25) is 4.21 Å². The van der Waals surface area contributed by atoms with Crippen molar-refractivity contribution in [1.82, 2.24) is 4.72 Å². The molecule has 0 bridgehead atoms. The molecule has 0 heterocycles. The first-order chi connectivity index (χ1) is 8.36. The average molecular weight is 358 g/mol. The second kappa shape index (κ2) is 6.74. The summed E-state index contributed by atoms with van der Waals surface area (Å²) in [6.07, 6.45) is 0. The lowest BCUT2D eigenvalue weighted by molar-refractivity contribution is 0.579. The highest BCUT2D eigenvalue weighted by Gasteiger charge is 2.15. The van der Waals surface area contributed by atoms with Gasteiger partial charge in [0.05, 0.1) is 9.37 Å². The molecule has 0 saturated heterocycles. The Balaban J connectivity index is 2.74. The fourth-order valence-electron chi connectivity index (χ4n) is 1.16. The summed E-state index contributed by atoms with van der Waals surface area (Å²) >= 11 is 2.95. The van der Waals surface area contributed by atoms with Gasteiger partial charge in [-0.15, -0.1) is 0 Å². The van der Waals surface area contributed by atoms with Crippen molar-refractivity contribution in [3.05, 3.63) is 28.5 Å². The van der Waals surface area contributed by atoms with Crippen LogP contribution in [0.25, 0.3) is 0 Å². The molecule has 102 valence electrons. The SMILES string of the molecule is CCS(=O)CCNS(=O)(=O)c1ccc(Br)c(F)c1. The lowest BCUT2D eigenvalue weighted by atomic mass is 10.3. The maximum absolute atomic E-state index is 13.2. The zero-order valence-corrected chi connectivity index (χ0v) is 12.9. The van der Waals surface area contributed by atoms with Gasteiger partial charge in [0.1, 0.15) is 5.82 Å². The Bertz CT molecular complexity index is 548. The number of sulfonamides is 1. The molecule has 1 unspecified atom stereocenters. The van der Waals surface area contributed by atoms with Crippen molar-refractivity contribution in [2.24, 2.45) is 0 Å². The second-order valence-corrected chi connectivity index (χ2v) is 7.89. The van der Waals surface area contributed by atoms with Gasteiger partial charge in [0.15, 0.2) is 0 Å². The van der Waals surface area contributed by atoms with Gasteiger partial charge in [-0.05, 0) is 34.1 Å². The van der Waals surface area contributed by atoms with Gasteiger partial charge in [0.25, 0.3) is 0 Å². The van der Waals surface area contributed by atoms with Crippen LogP contribution in [0.1, 0.15) is 6.92 Å². The maximum atomic E-state index is 13.2. The first-order valence-electron chi connectivity index (χ1n) is 5.16. The van der Waals surface area contributed by atoms with Crippen LogP contribution in [0.2, 0.25) is 0 Å². The molecule has 0 spiro atoms. The predicted molar refractivity (Wildman–Crippen MR) is 72.8 cm³/mol. The van der Waals surface area contributed by atoms with Crippen molar-refractivity contribution in [1.29, 1.82) is 0 Å². The molecular weight excluding hydrogens is 345 g/mol. The molecule has 0 aliphatic rings. The van der Waals surface area contributed by atoms with E-state index in [0.29, 0.717) is 5.75 Å². The number of hydrogen-bond acceptors (Lipinski definition) is 3. The molecule has 1 atom stereocenters. The Morgan fingerprint density at radius 1 is 1.44 bits per heavy atom. The molecule has 0 aliphatic heterocycles. The van der Waals surface area contributed by atoms with E-state index in [-0.39, 0.29) is 21.7 Å². The topological polar surface area (TPSA) is 63.2 Å². The number of rotatable bonds is 6. The molecule has 0 aromatic heterocycles. The second-order valence-electron chi connectivity index (χ2n) is 3.41. The van der Waals surface area contributed by atoms with Gasteiger partial charge < -0.3 is 0 Å². The molecule has 4 nitrogen and oxygen atoms in total. The molecule has 0 saturated carbocycles. The van der Waals surface area contributed by atoms with Gasteiger partial charge in [-0.25, -0.2) is 17.5 Å². The van der Waals surface area contributed by atoms with Crippen LogP contribution in [0.4, 0.5) is 4.39 Å². The van der Waals surface area contributed by atoms with E-state index in [1.807, 2.05) is 0 Å². The van der Waals surface area contributed by atoms with Gasteiger partial charge in [-0.2, -0.15) is 0 Å². The molecule has 0 amide bonds. The van der Waals surface area contributed by atoms with E-state index < -0.39 is 26.6 Å². The summed E-state index contributed by atoms with van der Waals surface area (Å²) in [6.45, 7) is 1.83. The summed E-state index contributed by atoms with van der Waals surface area (Å²) in [7, 11) is -4.78. The summed E-state index contributed by atoms with van der Waals surface area (Å²) in [6, 6.07) is 3.56. The van der Waals surface area contributed by atoms with Gasteiger partial charge in [0, 0.05) is 28.9 Å². The molecule has 1 rings (SSSR count). The minimum Gasteiger partial charge on any atom is -0.260 e. The van der Waals surface area contributed by atoms with E-state index in [1.54, 1.807) is 6.92 Å². The van der Waals surface area contributed by atoms with Crippen LogP contribution in [-0.4, -0.2) is 30.7 Å². The lowest BCUT2D eigenvalue weighted by Crippen LogP contribution is -2.28. The number of hydrogen-bond donors (Lipinski definition) is 1. The van der Waals surface area contributed by atoms with E-state index in [0.717, 1.165) is 6.07 Å². The van der Waals surface area contributed by atoms with Crippen LogP contribution < -0.4 is 4.72 Å². The van der Waals surface area contributed by atoms with E-state index in [2.05, 4.69) is 20.7 Å². The number of nitrogens with one attached hydrogen (secondary N) is 1. The third-order valence-electron chi connectivity index (χ3n) is 2.15. The van der Waals surface area contributed by atoms with E-state index in [9.17, 15) is 17.0 Å². The largest absolute Gasteiger partial charge is 0.260 e. The molecule has 0 radical (unpaired) electrons.